The lowest BCUT2D eigenvalue weighted by Gasteiger charge is -2.26. The normalized spacial score (nSPS) is 22.4. The number of amides is 1. The molecular weight excluding hydrogens is 454 g/mol. The van der Waals surface area contributed by atoms with E-state index in [9.17, 15) is 31.9 Å². The maximum atomic E-state index is 14.4. The van der Waals surface area contributed by atoms with Gasteiger partial charge >= 0.3 is 5.97 Å². The summed E-state index contributed by atoms with van der Waals surface area (Å²) in [7, 11) is -4.25. The van der Waals surface area contributed by atoms with Gasteiger partial charge in [-0.15, -0.1) is 0 Å². The third-order valence-corrected chi connectivity index (χ3v) is 8.18. The molecule has 4 rings (SSSR count). The van der Waals surface area contributed by atoms with Crippen LogP contribution in [-0.4, -0.2) is 53.1 Å². The second kappa shape index (κ2) is 7.52. The first-order valence-corrected chi connectivity index (χ1v) is 11.3. The van der Waals surface area contributed by atoms with Gasteiger partial charge < -0.3 is 10.0 Å². The van der Waals surface area contributed by atoms with E-state index in [-0.39, 0.29) is 23.6 Å². The number of carbonyl (C=O) groups excluding carboxylic acids is 1. The first-order valence-electron chi connectivity index (χ1n) is 9.42. The van der Waals surface area contributed by atoms with Gasteiger partial charge in [-0.05, 0) is 37.5 Å². The highest BCUT2D eigenvalue weighted by atomic mass is 35.5. The Morgan fingerprint density at radius 2 is 1.87 bits per heavy atom. The SMILES string of the molecule is O=C(O)[C@@H]1C[C@@H](S(=O)(=O)c2ccccc2F)CN1C(=O)C1(c2ncc(Cl)cc2F)CC1. The zero-order valence-corrected chi connectivity index (χ0v) is 17.5. The summed E-state index contributed by atoms with van der Waals surface area (Å²) in [4.78, 5) is 29.4. The molecule has 1 saturated heterocycles. The lowest BCUT2D eigenvalue weighted by molar-refractivity contribution is -0.149. The fourth-order valence-electron chi connectivity index (χ4n) is 4.05. The van der Waals surface area contributed by atoms with E-state index in [1.54, 1.807) is 0 Å². The van der Waals surface area contributed by atoms with Crippen LogP contribution in [0.1, 0.15) is 25.0 Å². The summed E-state index contributed by atoms with van der Waals surface area (Å²) in [6.45, 7) is -0.441. The predicted octanol–water partition coefficient (Wildman–Crippen LogP) is 2.57. The number of nitrogens with zero attached hydrogens (tertiary/aromatic N) is 2. The van der Waals surface area contributed by atoms with Crippen LogP contribution in [0.3, 0.4) is 0 Å². The molecule has 0 bridgehead atoms. The standard InChI is InChI=1S/C20H17ClF2N2O5S/c21-11-7-14(23)17(24-9-11)20(5-6-20)19(28)25-10-12(8-15(25)18(26)27)31(29,30)16-4-2-1-3-13(16)22/h1-4,7,9,12,15H,5-6,8,10H2,(H,26,27)/t12-,15+/m1/s1. The van der Waals surface area contributed by atoms with Gasteiger partial charge in [0.15, 0.2) is 9.84 Å². The smallest absolute Gasteiger partial charge is 0.326 e. The Hall–Kier alpha value is -2.59. The van der Waals surface area contributed by atoms with E-state index in [1.165, 1.54) is 18.3 Å². The Labute approximate surface area is 181 Å². The molecule has 2 aliphatic rings. The van der Waals surface area contributed by atoms with E-state index in [1.807, 2.05) is 0 Å². The minimum Gasteiger partial charge on any atom is -0.480 e. The largest absolute Gasteiger partial charge is 0.480 e. The van der Waals surface area contributed by atoms with Crippen LogP contribution in [0, 0.1) is 11.6 Å². The first-order chi connectivity index (χ1) is 14.6. The van der Waals surface area contributed by atoms with Crippen LogP contribution in [-0.2, 0) is 24.8 Å². The second-order valence-electron chi connectivity index (χ2n) is 7.71. The zero-order valence-electron chi connectivity index (χ0n) is 16.0. The number of rotatable bonds is 5. The van der Waals surface area contributed by atoms with Crippen LogP contribution < -0.4 is 0 Å². The first kappa shape index (κ1) is 21.6. The van der Waals surface area contributed by atoms with Crippen molar-refractivity contribution in [1.82, 2.24) is 9.88 Å². The molecule has 2 atom stereocenters. The van der Waals surface area contributed by atoms with Crippen LogP contribution in [0.4, 0.5) is 8.78 Å². The molecular formula is C20H17ClF2N2O5S. The molecule has 7 nitrogen and oxygen atoms in total. The van der Waals surface area contributed by atoms with Crippen molar-refractivity contribution in [3.8, 4) is 0 Å². The molecule has 2 heterocycles. The average Bonchev–Trinajstić information content (AvgIpc) is 3.37. The summed E-state index contributed by atoms with van der Waals surface area (Å²) in [6, 6.07) is 4.36. The molecule has 31 heavy (non-hydrogen) atoms. The van der Waals surface area contributed by atoms with Crippen molar-refractivity contribution in [2.45, 2.75) is 40.9 Å². The Bertz CT molecular complexity index is 1190. The molecule has 1 aliphatic heterocycles. The van der Waals surface area contributed by atoms with Crippen molar-refractivity contribution < 1.29 is 31.9 Å². The maximum absolute atomic E-state index is 14.4. The average molecular weight is 471 g/mol. The van der Waals surface area contributed by atoms with Gasteiger partial charge in [-0.2, -0.15) is 0 Å². The molecule has 2 fully saturated rings. The Balaban J connectivity index is 1.68. The molecule has 1 aromatic heterocycles. The molecule has 1 N–H and O–H groups in total. The minimum atomic E-state index is -4.25. The zero-order chi connectivity index (χ0) is 22.6. The van der Waals surface area contributed by atoms with Crippen molar-refractivity contribution in [3.63, 3.8) is 0 Å². The van der Waals surface area contributed by atoms with Gasteiger partial charge in [-0.1, -0.05) is 23.7 Å². The lowest BCUT2D eigenvalue weighted by atomic mass is 9.98. The van der Waals surface area contributed by atoms with E-state index < -0.39 is 67.9 Å². The summed E-state index contributed by atoms with van der Waals surface area (Å²) < 4.78 is 54.5. The van der Waals surface area contributed by atoms with E-state index in [0.29, 0.717) is 0 Å². The van der Waals surface area contributed by atoms with Gasteiger partial charge in [0, 0.05) is 12.7 Å². The van der Waals surface area contributed by atoms with Gasteiger partial charge in [-0.25, -0.2) is 22.0 Å². The highest BCUT2D eigenvalue weighted by Crippen LogP contribution is 2.51. The maximum Gasteiger partial charge on any atom is 0.326 e. The highest BCUT2D eigenvalue weighted by Gasteiger charge is 2.59. The molecule has 0 radical (unpaired) electrons. The lowest BCUT2D eigenvalue weighted by Crippen LogP contribution is -2.46. The molecule has 0 spiro atoms. The molecule has 164 valence electrons. The molecule has 2 aromatic rings. The summed E-state index contributed by atoms with van der Waals surface area (Å²) >= 11 is 5.73. The number of aromatic nitrogens is 1. The molecule has 0 unspecified atom stereocenters. The number of carbonyl (C=O) groups is 2. The van der Waals surface area contributed by atoms with E-state index in [4.69, 9.17) is 11.6 Å². The van der Waals surface area contributed by atoms with Crippen LogP contribution in [0.15, 0.2) is 41.4 Å². The van der Waals surface area contributed by atoms with Gasteiger partial charge in [0.2, 0.25) is 5.91 Å². The number of benzene rings is 1. The number of likely N-dealkylation sites (tertiary alicyclic amines) is 1. The number of carboxylic acid groups (broad SMARTS) is 1. The van der Waals surface area contributed by atoms with E-state index in [0.717, 1.165) is 23.1 Å². The van der Waals surface area contributed by atoms with Crippen LogP contribution in [0.5, 0.6) is 0 Å². The topological polar surface area (TPSA) is 105 Å². The quantitative estimate of drug-likeness (QED) is 0.720. The Kier molecular flexibility index (Phi) is 5.25. The second-order valence-corrected chi connectivity index (χ2v) is 10.3. The highest BCUT2D eigenvalue weighted by molar-refractivity contribution is 7.92. The molecule has 1 amide bonds. The number of halogens is 3. The third kappa shape index (κ3) is 3.57. The number of hydrogen-bond donors (Lipinski definition) is 1. The van der Waals surface area contributed by atoms with Crippen molar-refractivity contribution in [2.24, 2.45) is 0 Å². The number of sulfone groups is 1. The summed E-state index contributed by atoms with van der Waals surface area (Å²) in [5, 5.41) is 8.35. The van der Waals surface area contributed by atoms with Crippen molar-refractivity contribution in [3.05, 3.63) is 58.9 Å². The van der Waals surface area contributed by atoms with Crippen molar-refractivity contribution in [2.75, 3.05) is 6.54 Å². The summed E-state index contributed by atoms with van der Waals surface area (Å²) in [5.41, 5.74) is -1.51. The Morgan fingerprint density at radius 1 is 1.19 bits per heavy atom. The number of hydrogen-bond acceptors (Lipinski definition) is 5. The Morgan fingerprint density at radius 3 is 2.45 bits per heavy atom. The van der Waals surface area contributed by atoms with Gasteiger partial charge in [0.25, 0.3) is 0 Å². The number of carboxylic acids is 1. The molecule has 1 aromatic carbocycles. The monoisotopic (exact) mass is 470 g/mol. The van der Waals surface area contributed by atoms with Crippen LogP contribution in [0.2, 0.25) is 5.02 Å². The number of aliphatic carboxylic acids is 1. The number of pyridine rings is 1. The third-order valence-electron chi connectivity index (χ3n) is 5.81. The fourth-order valence-corrected chi connectivity index (χ4v) is 5.96. The predicted molar refractivity (Wildman–Crippen MR) is 105 cm³/mol. The van der Waals surface area contributed by atoms with Crippen LogP contribution >= 0.6 is 11.6 Å². The summed E-state index contributed by atoms with van der Waals surface area (Å²) in [5.74, 6) is -3.84. The van der Waals surface area contributed by atoms with Gasteiger partial charge in [0.05, 0.1) is 21.4 Å². The van der Waals surface area contributed by atoms with E-state index in [2.05, 4.69) is 4.98 Å². The summed E-state index contributed by atoms with van der Waals surface area (Å²) in [6.07, 6.45) is 1.28. The molecule has 11 heteroatoms. The van der Waals surface area contributed by atoms with Gasteiger partial charge in [-0.3, -0.25) is 9.78 Å². The van der Waals surface area contributed by atoms with Crippen LogP contribution in [0.25, 0.3) is 0 Å². The molecule has 1 aliphatic carbocycles. The molecule has 1 saturated carbocycles. The fraction of sp³-hybridized carbons (Fsp3) is 0.350. The van der Waals surface area contributed by atoms with Crippen molar-refractivity contribution in [1.29, 1.82) is 0 Å². The van der Waals surface area contributed by atoms with Crippen molar-refractivity contribution >= 4 is 33.3 Å². The van der Waals surface area contributed by atoms with Gasteiger partial charge in [0.1, 0.15) is 22.6 Å². The van der Waals surface area contributed by atoms with E-state index >= 15 is 0 Å². The minimum absolute atomic E-state index is 0.0464.